The SMILES string of the molecule is COC(=O)CC(C)c1ccc(N(CC(C)C)C2CCN(C(=O)OC)CC2)c(N)c1. The number of nitrogens with two attached hydrogens (primary N) is 1. The predicted molar refractivity (Wildman–Crippen MR) is 115 cm³/mol. The highest BCUT2D eigenvalue weighted by molar-refractivity contribution is 5.72. The Kier molecular flexibility index (Phi) is 8.17. The first-order valence-electron chi connectivity index (χ1n) is 10.3. The summed E-state index contributed by atoms with van der Waals surface area (Å²) in [6.45, 7) is 8.64. The van der Waals surface area contributed by atoms with Crippen molar-refractivity contribution in [1.29, 1.82) is 0 Å². The minimum Gasteiger partial charge on any atom is -0.469 e. The molecule has 0 bridgehead atoms. The van der Waals surface area contributed by atoms with Crippen molar-refractivity contribution < 1.29 is 19.1 Å². The molecule has 2 N–H and O–H groups in total. The molecule has 1 aliphatic heterocycles. The lowest BCUT2D eigenvalue weighted by Gasteiger charge is -2.40. The van der Waals surface area contributed by atoms with Crippen LogP contribution in [0.1, 0.15) is 51.5 Å². The Morgan fingerprint density at radius 1 is 1.17 bits per heavy atom. The lowest BCUT2D eigenvalue weighted by atomic mass is 9.95. The van der Waals surface area contributed by atoms with Gasteiger partial charge < -0.3 is 25.0 Å². The third-order valence-corrected chi connectivity index (χ3v) is 5.53. The van der Waals surface area contributed by atoms with Crippen molar-refractivity contribution in [3.63, 3.8) is 0 Å². The first kappa shape index (κ1) is 22.8. The average Bonchev–Trinajstić information content (AvgIpc) is 2.71. The van der Waals surface area contributed by atoms with E-state index in [1.807, 2.05) is 13.0 Å². The highest BCUT2D eigenvalue weighted by Gasteiger charge is 2.29. The van der Waals surface area contributed by atoms with Crippen molar-refractivity contribution in [2.45, 2.75) is 52.0 Å². The monoisotopic (exact) mass is 405 g/mol. The zero-order valence-electron chi connectivity index (χ0n) is 18.3. The van der Waals surface area contributed by atoms with Gasteiger partial charge in [0.2, 0.25) is 0 Å². The molecule has 1 aromatic carbocycles. The summed E-state index contributed by atoms with van der Waals surface area (Å²) in [5, 5.41) is 0. The number of anilines is 2. The number of hydrogen-bond acceptors (Lipinski definition) is 6. The van der Waals surface area contributed by atoms with Crippen LogP contribution in [0.4, 0.5) is 16.2 Å². The van der Waals surface area contributed by atoms with Crippen molar-refractivity contribution in [3.05, 3.63) is 23.8 Å². The van der Waals surface area contributed by atoms with Gasteiger partial charge in [0.25, 0.3) is 0 Å². The van der Waals surface area contributed by atoms with E-state index in [0.717, 1.165) is 36.3 Å². The largest absolute Gasteiger partial charge is 0.469 e. The molecule has 1 heterocycles. The van der Waals surface area contributed by atoms with Gasteiger partial charge in [-0.15, -0.1) is 0 Å². The number of nitrogen functional groups attached to an aromatic ring is 1. The van der Waals surface area contributed by atoms with Gasteiger partial charge in [0, 0.05) is 25.7 Å². The smallest absolute Gasteiger partial charge is 0.409 e. The Hall–Kier alpha value is -2.44. The van der Waals surface area contributed by atoms with Gasteiger partial charge in [0.1, 0.15) is 0 Å². The van der Waals surface area contributed by atoms with E-state index in [0.29, 0.717) is 31.5 Å². The van der Waals surface area contributed by atoms with Crippen LogP contribution >= 0.6 is 0 Å². The molecule has 1 amide bonds. The highest BCUT2D eigenvalue weighted by atomic mass is 16.5. The quantitative estimate of drug-likeness (QED) is 0.551. The first-order chi connectivity index (χ1) is 13.8. The summed E-state index contributed by atoms with van der Waals surface area (Å²) in [4.78, 5) is 27.5. The number of hydrogen-bond donors (Lipinski definition) is 1. The molecular formula is C22H35N3O4. The molecule has 162 valence electrons. The van der Waals surface area contributed by atoms with Crippen LogP contribution in [0.5, 0.6) is 0 Å². The number of likely N-dealkylation sites (tertiary alicyclic amines) is 1. The Labute approximate surface area is 174 Å². The topological polar surface area (TPSA) is 85.1 Å². The maximum Gasteiger partial charge on any atom is 0.409 e. The third kappa shape index (κ3) is 6.02. The molecule has 7 nitrogen and oxygen atoms in total. The fraction of sp³-hybridized carbons (Fsp3) is 0.636. The second kappa shape index (κ2) is 10.4. The first-order valence-corrected chi connectivity index (χ1v) is 10.3. The lowest BCUT2D eigenvalue weighted by Crippen LogP contribution is -2.48. The van der Waals surface area contributed by atoms with Gasteiger partial charge in [-0.3, -0.25) is 4.79 Å². The number of amides is 1. The Morgan fingerprint density at radius 2 is 1.83 bits per heavy atom. The molecule has 2 rings (SSSR count). The van der Waals surface area contributed by atoms with Crippen molar-refractivity contribution >= 4 is 23.4 Å². The van der Waals surface area contributed by atoms with Crippen LogP contribution in [-0.4, -0.2) is 56.9 Å². The van der Waals surface area contributed by atoms with Crippen molar-refractivity contribution in [3.8, 4) is 0 Å². The molecule has 0 spiro atoms. The molecule has 1 unspecified atom stereocenters. The van der Waals surface area contributed by atoms with Crippen LogP contribution in [0.3, 0.4) is 0 Å². The standard InChI is InChI=1S/C22H35N3O4/c1-15(2)14-25(18-8-10-24(11-9-18)22(27)29-5)20-7-6-17(13-19(20)23)16(3)12-21(26)28-4/h6-7,13,15-16,18H,8-12,14,23H2,1-5H3. The van der Waals surface area contributed by atoms with Crippen LogP contribution in [0.2, 0.25) is 0 Å². The molecule has 1 atom stereocenters. The number of ether oxygens (including phenoxy) is 2. The summed E-state index contributed by atoms with van der Waals surface area (Å²) < 4.78 is 9.62. The molecular weight excluding hydrogens is 370 g/mol. The van der Waals surface area contributed by atoms with Gasteiger partial charge in [-0.25, -0.2) is 4.79 Å². The number of methoxy groups -OCH3 is 2. The van der Waals surface area contributed by atoms with Crippen LogP contribution in [0, 0.1) is 5.92 Å². The third-order valence-electron chi connectivity index (χ3n) is 5.53. The number of rotatable bonds is 7. The maximum atomic E-state index is 11.8. The molecule has 1 aliphatic rings. The van der Waals surface area contributed by atoms with Crippen molar-refractivity contribution in [1.82, 2.24) is 4.90 Å². The van der Waals surface area contributed by atoms with Gasteiger partial charge in [0.05, 0.1) is 32.0 Å². The van der Waals surface area contributed by atoms with Crippen LogP contribution < -0.4 is 10.6 Å². The molecule has 1 saturated heterocycles. The number of carbonyl (C=O) groups excluding carboxylic acids is 2. The van der Waals surface area contributed by atoms with Crippen LogP contribution in [-0.2, 0) is 14.3 Å². The minimum atomic E-state index is -0.262. The van der Waals surface area contributed by atoms with Gasteiger partial charge >= 0.3 is 12.1 Å². The summed E-state index contributed by atoms with van der Waals surface area (Å²) in [5.74, 6) is 0.297. The van der Waals surface area contributed by atoms with E-state index >= 15 is 0 Å². The molecule has 1 aromatic rings. The van der Waals surface area contributed by atoms with E-state index in [-0.39, 0.29) is 18.0 Å². The van der Waals surface area contributed by atoms with Crippen LogP contribution in [0.25, 0.3) is 0 Å². The Bertz CT molecular complexity index is 699. The summed E-state index contributed by atoms with van der Waals surface area (Å²) in [5.41, 5.74) is 9.23. The maximum absolute atomic E-state index is 11.8. The number of piperidine rings is 1. The summed E-state index contributed by atoms with van der Waals surface area (Å²) >= 11 is 0. The molecule has 0 radical (unpaired) electrons. The summed E-state index contributed by atoms with van der Waals surface area (Å²) in [7, 11) is 2.82. The Balaban J connectivity index is 2.18. The summed E-state index contributed by atoms with van der Waals surface area (Å²) in [6, 6.07) is 6.41. The second-order valence-electron chi connectivity index (χ2n) is 8.23. The molecule has 7 heteroatoms. The number of carbonyl (C=O) groups is 2. The van der Waals surface area contributed by atoms with Gasteiger partial charge in [0.15, 0.2) is 0 Å². The van der Waals surface area contributed by atoms with Gasteiger partial charge in [-0.1, -0.05) is 26.8 Å². The molecule has 0 aromatic heterocycles. The zero-order chi connectivity index (χ0) is 21.6. The van der Waals surface area contributed by atoms with E-state index in [1.165, 1.54) is 14.2 Å². The fourth-order valence-electron chi connectivity index (χ4n) is 3.92. The number of esters is 1. The van der Waals surface area contributed by atoms with Crippen LogP contribution in [0.15, 0.2) is 18.2 Å². The van der Waals surface area contributed by atoms with Crippen molar-refractivity contribution in [2.75, 3.05) is 44.5 Å². The number of nitrogens with zero attached hydrogens (tertiary/aromatic N) is 2. The molecule has 29 heavy (non-hydrogen) atoms. The highest BCUT2D eigenvalue weighted by Crippen LogP contribution is 2.33. The normalized spacial score (nSPS) is 15.9. The predicted octanol–water partition coefficient (Wildman–Crippen LogP) is 3.63. The number of benzene rings is 1. The van der Waals surface area contributed by atoms with Gasteiger partial charge in [-0.2, -0.15) is 0 Å². The van der Waals surface area contributed by atoms with E-state index in [4.69, 9.17) is 15.2 Å². The van der Waals surface area contributed by atoms with E-state index in [2.05, 4.69) is 30.9 Å². The second-order valence-corrected chi connectivity index (χ2v) is 8.23. The minimum absolute atomic E-state index is 0.0423. The van der Waals surface area contributed by atoms with Gasteiger partial charge in [-0.05, 0) is 42.4 Å². The summed E-state index contributed by atoms with van der Waals surface area (Å²) in [6.07, 6.45) is 1.82. The van der Waals surface area contributed by atoms with E-state index < -0.39 is 0 Å². The Morgan fingerprint density at radius 3 is 2.34 bits per heavy atom. The van der Waals surface area contributed by atoms with E-state index in [1.54, 1.807) is 4.90 Å². The lowest BCUT2D eigenvalue weighted by molar-refractivity contribution is -0.140. The molecule has 0 saturated carbocycles. The average molecular weight is 406 g/mol. The van der Waals surface area contributed by atoms with E-state index in [9.17, 15) is 9.59 Å². The van der Waals surface area contributed by atoms with Crippen molar-refractivity contribution in [2.24, 2.45) is 5.92 Å². The zero-order valence-corrected chi connectivity index (χ0v) is 18.3. The molecule has 0 aliphatic carbocycles. The molecule has 1 fully saturated rings. The fourth-order valence-corrected chi connectivity index (χ4v) is 3.92.